The summed E-state index contributed by atoms with van der Waals surface area (Å²) in [6.45, 7) is -0.295. The first-order valence-electron chi connectivity index (χ1n) is 5.77. The summed E-state index contributed by atoms with van der Waals surface area (Å²) >= 11 is 11.6. The van der Waals surface area contributed by atoms with E-state index in [1.807, 2.05) is 0 Å². The second kappa shape index (κ2) is 7.01. The Kier molecular flexibility index (Phi) is 5.08. The predicted octanol–water partition coefficient (Wildman–Crippen LogP) is 2.43. The molecule has 2 aromatic rings. The predicted molar refractivity (Wildman–Crippen MR) is 76.3 cm³/mol. The minimum Gasteiger partial charge on any atom is -0.484 e. The molecule has 0 fully saturated rings. The van der Waals surface area contributed by atoms with Crippen LogP contribution in [0, 0.1) is 0 Å². The van der Waals surface area contributed by atoms with Crippen molar-refractivity contribution in [3.63, 3.8) is 0 Å². The number of halogens is 2. The third-order valence-electron chi connectivity index (χ3n) is 2.32. The summed E-state index contributed by atoms with van der Waals surface area (Å²) in [7, 11) is 0. The number of benzene rings is 1. The van der Waals surface area contributed by atoms with Gasteiger partial charge in [-0.3, -0.25) is 20.4 Å². The normalized spacial score (nSPS) is 10.0. The molecule has 2 amide bonds. The summed E-state index contributed by atoms with van der Waals surface area (Å²) in [6, 6.07) is 7.63. The van der Waals surface area contributed by atoms with Gasteiger partial charge in [0.2, 0.25) is 0 Å². The monoisotopic (exact) mass is 328 g/mol. The molecule has 0 saturated heterocycles. The number of hydrogen-bond donors (Lipinski definition) is 2. The van der Waals surface area contributed by atoms with E-state index in [-0.39, 0.29) is 12.4 Å². The maximum atomic E-state index is 11.5. The van der Waals surface area contributed by atoms with Crippen LogP contribution in [0.5, 0.6) is 5.75 Å². The molecule has 1 heterocycles. The van der Waals surface area contributed by atoms with Crippen LogP contribution < -0.4 is 15.6 Å². The number of furan rings is 1. The van der Waals surface area contributed by atoms with Crippen LogP contribution in [-0.4, -0.2) is 18.4 Å². The van der Waals surface area contributed by atoms with Gasteiger partial charge in [0.05, 0.1) is 16.3 Å². The van der Waals surface area contributed by atoms with E-state index in [2.05, 4.69) is 10.9 Å². The third kappa shape index (κ3) is 4.40. The maximum absolute atomic E-state index is 11.5. The largest absolute Gasteiger partial charge is 0.484 e. The summed E-state index contributed by atoms with van der Waals surface area (Å²) in [4.78, 5) is 23.0. The van der Waals surface area contributed by atoms with Crippen molar-refractivity contribution in [2.75, 3.05) is 6.61 Å². The highest BCUT2D eigenvalue weighted by Gasteiger charge is 2.10. The fourth-order valence-electron chi connectivity index (χ4n) is 1.35. The van der Waals surface area contributed by atoms with Gasteiger partial charge in [-0.2, -0.15) is 0 Å². The zero-order valence-corrected chi connectivity index (χ0v) is 12.1. The summed E-state index contributed by atoms with van der Waals surface area (Å²) < 4.78 is 10.1. The maximum Gasteiger partial charge on any atom is 0.305 e. The van der Waals surface area contributed by atoms with Gasteiger partial charge < -0.3 is 9.15 Å². The van der Waals surface area contributed by atoms with Crippen LogP contribution in [0.4, 0.5) is 0 Å². The zero-order valence-electron chi connectivity index (χ0n) is 10.6. The number of carbonyl (C=O) groups is 2. The first kappa shape index (κ1) is 15.2. The Morgan fingerprint density at radius 2 is 1.95 bits per heavy atom. The van der Waals surface area contributed by atoms with Gasteiger partial charge in [-0.05, 0) is 24.3 Å². The lowest BCUT2D eigenvalue weighted by Gasteiger charge is -2.08. The van der Waals surface area contributed by atoms with Crippen LogP contribution in [0.25, 0.3) is 0 Å². The average molecular weight is 329 g/mol. The SMILES string of the molecule is O=C(COc1ccc(Cl)c(Cl)c1)NNC(=O)c1ccco1. The van der Waals surface area contributed by atoms with Gasteiger partial charge in [0.25, 0.3) is 5.91 Å². The summed E-state index contributed by atoms with van der Waals surface area (Å²) in [6.07, 6.45) is 1.35. The molecule has 1 aromatic heterocycles. The Labute approximate surface area is 129 Å². The molecule has 0 saturated carbocycles. The average Bonchev–Trinajstić information content (AvgIpc) is 3.00. The van der Waals surface area contributed by atoms with Crippen molar-refractivity contribution in [2.45, 2.75) is 0 Å². The van der Waals surface area contributed by atoms with E-state index in [9.17, 15) is 9.59 Å². The zero-order chi connectivity index (χ0) is 15.2. The highest BCUT2D eigenvalue weighted by Crippen LogP contribution is 2.26. The molecule has 21 heavy (non-hydrogen) atoms. The van der Waals surface area contributed by atoms with Crippen LogP contribution in [0.2, 0.25) is 10.0 Å². The number of amides is 2. The minimum atomic E-state index is -0.567. The van der Waals surface area contributed by atoms with Gasteiger partial charge in [0.1, 0.15) is 5.75 Å². The standard InChI is InChI=1S/C13H10Cl2N2O4/c14-9-4-3-8(6-10(9)15)21-7-12(18)16-17-13(19)11-2-1-5-20-11/h1-6H,7H2,(H,16,18)(H,17,19). The molecule has 0 radical (unpaired) electrons. The van der Waals surface area contributed by atoms with Crippen LogP contribution >= 0.6 is 23.2 Å². The fraction of sp³-hybridized carbons (Fsp3) is 0.0769. The summed E-state index contributed by atoms with van der Waals surface area (Å²) in [5.74, 6) is -0.638. The van der Waals surface area contributed by atoms with E-state index in [4.69, 9.17) is 32.4 Å². The van der Waals surface area contributed by atoms with Gasteiger partial charge in [-0.1, -0.05) is 23.2 Å². The number of carbonyl (C=O) groups excluding carboxylic acids is 2. The number of nitrogens with one attached hydrogen (secondary N) is 2. The van der Waals surface area contributed by atoms with Gasteiger partial charge in [0, 0.05) is 6.07 Å². The molecule has 8 heteroatoms. The summed E-state index contributed by atoms with van der Waals surface area (Å²) in [5.41, 5.74) is 4.37. The number of rotatable bonds is 4. The van der Waals surface area contributed by atoms with Gasteiger partial charge in [-0.15, -0.1) is 0 Å². The molecule has 2 N–H and O–H groups in total. The molecule has 0 aliphatic rings. The Balaban J connectivity index is 1.77. The summed E-state index contributed by atoms with van der Waals surface area (Å²) in [5, 5.41) is 0.708. The lowest BCUT2D eigenvalue weighted by molar-refractivity contribution is -0.123. The smallest absolute Gasteiger partial charge is 0.305 e. The highest BCUT2D eigenvalue weighted by molar-refractivity contribution is 6.42. The minimum absolute atomic E-state index is 0.0840. The van der Waals surface area contributed by atoms with Gasteiger partial charge in [-0.25, -0.2) is 0 Å². The number of hydrogen-bond acceptors (Lipinski definition) is 4. The molecular weight excluding hydrogens is 319 g/mol. The molecule has 0 aliphatic heterocycles. The van der Waals surface area contributed by atoms with Gasteiger partial charge >= 0.3 is 5.91 Å². The number of hydrazine groups is 1. The Morgan fingerprint density at radius 1 is 1.14 bits per heavy atom. The molecule has 0 spiro atoms. The van der Waals surface area contributed by atoms with E-state index in [0.717, 1.165) is 0 Å². The van der Waals surface area contributed by atoms with E-state index in [1.54, 1.807) is 18.2 Å². The molecule has 1 aromatic carbocycles. The van der Waals surface area contributed by atoms with Gasteiger partial charge in [0.15, 0.2) is 12.4 Å². The van der Waals surface area contributed by atoms with E-state index in [0.29, 0.717) is 15.8 Å². The quantitative estimate of drug-likeness (QED) is 0.844. The van der Waals surface area contributed by atoms with Crippen LogP contribution in [-0.2, 0) is 4.79 Å². The van der Waals surface area contributed by atoms with Crippen molar-refractivity contribution in [3.05, 3.63) is 52.4 Å². The molecule has 2 rings (SSSR count). The second-order valence-corrected chi connectivity index (χ2v) is 4.66. The Bertz CT molecular complexity index is 644. The highest BCUT2D eigenvalue weighted by atomic mass is 35.5. The van der Waals surface area contributed by atoms with Crippen molar-refractivity contribution < 1.29 is 18.7 Å². The topological polar surface area (TPSA) is 80.6 Å². The first-order chi connectivity index (χ1) is 10.1. The third-order valence-corrected chi connectivity index (χ3v) is 3.06. The van der Waals surface area contributed by atoms with E-state index in [1.165, 1.54) is 18.4 Å². The van der Waals surface area contributed by atoms with Crippen LogP contribution in [0.3, 0.4) is 0 Å². The van der Waals surface area contributed by atoms with Crippen molar-refractivity contribution in [1.29, 1.82) is 0 Å². The molecule has 110 valence electrons. The van der Waals surface area contributed by atoms with E-state index < -0.39 is 11.8 Å². The molecule has 0 bridgehead atoms. The number of ether oxygens (including phenoxy) is 1. The second-order valence-electron chi connectivity index (χ2n) is 3.84. The molecule has 0 atom stereocenters. The Hall–Kier alpha value is -2.18. The lowest BCUT2D eigenvalue weighted by atomic mass is 10.3. The Morgan fingerprint density at radius 3 is 2.62 bits per heavy atom. The van der Waals surface area contributed by atoms with Crippen LogP contribution in [0.1, 0.15) is 10.6 Å². The molecule has 6 nitrogen and oxygen atoms in total. The molecule has 0 aliphatic carbocycles. The fourth-order valence-corrected chi connectivity index (χ4v) is 1.64. The van der Waals surface area contributed by atoms with Crippen molar-refractivity contribution in [2.24, 2.45) is 0 Å². The first-order valence-corrected chi connectivity index (χ1v) is 6.52. The molecule has 0 unspecified atom stereocenters. The van der Waals surface area contributed by atoms with Crippen molar-refractivity contribution in [1.82, 2.24) is 10.9 Å². The lowest BCUT2D eigenvalue weighted by Crippen LogP contribution is -2.43. The van der Waals surface area contributed by atoms with Crippen LogP contribution in [0.15, 0.2) is 41.0 Å². The molecular formula is C13H10Cl2N2O4. The van der Waals surface area contributed by atoms with E-state index >= 15 is 0 Å². The van der Waals surface area contributed by atoms with Crippen molar-refractivity contribution in [3.8, 4) is 5.75 Å². The van der Waals surface area contributed by atoms with Crippen molar-refractivity contribution >= 4 is 35.0 Å².